The van der Waals surface area contributed by atoms with Crippen LogP contribution in [0.1, 0.15) is 5.56 Å². The Morgan fingerprint density at radius 2 is 1.89 bits per heavy atom. The largest absolute Gasteiger partial charge is 0.284 e. The fraction of sp³-hybridized carbons (Fsp3) is 0.0526. The molecule has 2 aromatic carbocycles. The molecule has 5 nitrogen and oxygen atoms in total. The van der Waals surface area contributed by atoms with E-state index in [-0.39, 0.29) is 27.1 Å². The van der Waals surface area contributed by atoms with Gasteiger partial charge in [0, 0.05) is 15.7 Å². The van der Waals surface area contributed by atoms with Crippen LogP contribution in [-0.2, 0) is 14.8 Å². The van der Waals surface area contributed by atoms with Crippen molar-refractivity contribution < 1.29 is 17.6 Å². The molecule has 1 heterocycles. The van der Waals surface area contributed by atoms with E-state index in [1.54, 1.807) is 36.4 Å². The van der Waals surface area contributed by atoms with Crippen LogP contribution in [0.4, 0.5) is 4.39 Å². The van der Waals surface area contributed by atoms with Gasteiger partial charge in [0.2, 0.25) is 0 Å². The Labute approximate surface area is 180 Å². The van der Waals surface area contributed by atoms with E-state index in [1.807, 2.05) is 22.6 Å². The summed E-state index contributed by atoms with van der Waals surface area (Å²) in [6, 6.07) is 12.6. The van der Waals surface area contributed by atoms with Gasteiger partial charge in [0.25, 0.3) is 15.9 Å². The number of rotatable bonds is 5. The molecule has 0 spiro atoms. The van der Waals surface area contributed by atoms with E-state index in [9.17, 15) is 17.6 Å². The molecule has 0 aromatic heterocycles. The molecule has 0 N–H and O–H groups in total. The van der Waals surface area contributed by atoms with Gasteiger partial charge in [0.05, 0.1) is 9.80 Å². The minimum atomic E-state index is -3.99. The first kappa shape index (κ1) is 20.7. The van der Waals surface area contributed by atoms with Crippen LogP contribution in [0.2, 0.25) is 0 Å². The second-order valence-electron chi connectivity index (χ2n) is 5.62. The monoisotopic (exact) mass is 528 g/mol. The first-order valence-corrected chi connectivity index (χ1v) is 11.3. The van der Waals surface area contributed by atoms with E-state index in [4.69, 9.17) is 0 Å². The van der Waals surface area contributed by atoms with Crippen LogP contribution in [-0.4, -0.2) is 30.9 Å². The predicted molar refractivity (Wildman–Crippen MR) is 118 cm³/mol. The van der Waals surface area contributed by atoms with Crippen LogP contribution in [0.15, 0.2) is 75.4 Å². The van der Waals surface area contributed by atoms with Crippen molar-refractivity contribution in [2.24, 2.45) is 4.40 Å². The molecule has 28 heavy (non-hydrogen) atoms. The van der Waals surface area contributed by atoms with Crippen molar-refractivity contribution in [1.82, 2.24) is 4.90 Å². The third kappa shape index (κ3) is 4.36. The van der Waals surface area contributed by atoms with Gasteiger partial charge in [-0.3, -0.25) is 9.69 Å². The number of carbonyl (C=O) groups is 1. The van der Waals surface area contributed by atoms with Crippen LogP contribution < -0.4 is 0 Å². The van der Waals surface area contributed by atoms with Gasteiger partial charge in [-0.25, -0.2) is 4.39 Å². The smallest absolute Gasteiger partial charge is 0.282 e. The highest BCUT2D eigenvalue weighted by Crippen LogP contribution is 2.34. The Balaban J connectivity index is 2.03. The molecule has 0 atom stereocenters. The maximum absolute atomic E-state index is 14.3. The van der Waals surface area contributed by atoms with Gasteiger partial charge in [-0.15, -0.1) is 11.0 Å². The SMILES string of the molecule is C=CCN1C(=O)/C(=C/c2cccc(I)c2F)S/C1=N/S(=O)(=O)c1ccccc1. The molecular weight excluding hydrogens is 514 g/mol. The lowest BCUT2D eigenvalue weighted by Crippen LogP contribution is -2.29. The van der Waals surface area contributed by atoms with E-state index in [2.05, 4.69) is 11.0 Å². The van der Waals surface area contributed by atoms with Crippen molar-refractivity contribution in [3.8, 4) is 0 Å². The molecule has 1 aliphatic rings. The number of thioether (sulfide) groups is 1. The Hall–Kier alpha value is -1.98. The van der Waals surface area contributed by atoms with Gasteiger partial charge in [0.1, 0.15) is 5.82 Å². The lowest BCUT2D eigenvalue weighted by Gasteiger charge is -2.12. The standard InChI is InChI=1S/C19H14FIN2O3S2/c1-2-11-23-18(24)16(12-13-7-6-10-15(21)17(13)20)27-19(23)22-28(25,26)14-8-4-3-5-9-14/h2-10,12H,1,11H2/b16-12-,22-19+. The minimum Gasteiger partial charge on any atom is -0.282 e. The average molecular weight is 528 g/mol. The maximum atomic E-state index is 14.3. The predicted octanol–water partition coefficient (Wildman–Crippen LogP) is 4.28. The van der Waals surface area contributed by atoms with Gasteiger partial charge in [0.15, 0.2) is 5.17 Å². The number of amidine groups is 1. The third-order valence-electron chi connectivity index (χ3n) is 3.71. The highest BCUT2D eigenvalue weighted by Gasteiger charge is 2.34. The highest BCUT2D eigenvalue weighted by atomic mass is 127. The molecule has 2 aromatic rings. The molecular formula is C19H14FIN2O3S2. The number of halogens is 2. The van der Waals surface area contributed by atoms with Crippen LogP contribution in [0.3, 0.4) is 0 Å². The number of sulfonamides is 1. The zero-order chi connectivity index (χ0) is 20.3. The lowest BCUT2D eigenvalue weighted by atomic mass is 10.2. The normalized spacial score (nSPS) is 17.5. The molecule has 144 valence electrons. The summed E-state index contributed by atoms with van der Waals surface area (Å²) >= 11 is 2.75. The minimum absolute atomic E-state index is 0.00559. The summed E-state index contributed by atoms with van der Waals surface area (Å²) in [5.41, 5.74) is 0.244. The average Bonchev–Trinajstić information content (AvgIpc) is 2.95. The van der Waals surface area contributed by atoms with Crippen molar-refractivity contribution in [2.75, 3.05) is 6.54 Å². The van der Waals surface area contributed by atoms with Crippen LogP contribution in [0, 0.1) is 9.39 Å². The first-order chi connectivity index (χ1) is 13.3. The molecule has 9 heteroatoms. The lowest BCUT2D eigenvalue weighted by molar-refractivity contribution is -0.121. The molecule has 1 amide bonds. The second kappa shape index (κ2) is 8.58. The van der Waals surface area contributed by atoms with Gasteiger partial charge < -0.3 is 0 Å². The number of amides is 1. The third-order valence-corrected chi connectivity index (χ3v) is 6.94. The van der Waals surface area contributed by atoms with Gasteiger partial charge >= 0.3 is 0 Å². The molecule has 1 aliphatic heterocycles. The van der Waals surface area contributed by atoms with E-state index in [1.165, 1.54) is 29.2 Å². The maximum Gasteiger partial charge on any atom is 0.284 e. The summed E-state index contributed by atoms with van der Waals surface area (Å²) in [7, 11) is -3.99. The van der Waals surface area contributed by atoms with Crippen LogP contribution in [0.25, 0.3) is 6.08 Å². The Bertz CT molecular complexity index is 1100. The summed E-state index contributed by atoms with van der Waals surface area (Å²) in [6.45, 7) is 3.68. The summed E-state index contributed by atoms with van der Waals surface area (Å²) in [4.78, 5) is 14.1. The molecule has 0 aliphatic carbocycles. The quantitative estimate of drug-likeness (QED) is 0.330. The second-order valence-corrected chi connectivity index (χ2v) is 9.40. The zero-order valence-electron chi connectivity index (χ0n) is 14.4. The van der Waals surface area contributed by atoms with Crippen molar-refractivity contribution in [1.29, 1.82) is 0 Å². The fourth-order valence-corrected chi connectivity index (χ4v) is 5.11. The van der Waals surface area contributed by atoms with Gasteiger partial charge in [-0.1, -0.05) is 36.4 Å². The molecule has 1 fully saturated rings. The summed E-state index contributed by atoms with van der Waals surface area (Å²) in [5.74, 6) is -0.897. The van der Waals surface area contributed by atoms with E-state index in [0.717, 1.165) is 11.8 Å². The number of hydrogen-bond acceptors (Lipinski definition) is 4. The molecule has 0 saturated carbocycles. The van der Waals surface area contributed by atoms with Crippen LogP contribution >= 0.6 is 34.4 Å². The van der Waals surface area contributed by atoms with Crippen molar-refractivity contribution >= 4 is 61.5 Å². The molecule has 1 saturated heterocycles. The van der Waals surface area contributed by atoms with Crippen molar-refractivity contribution in [2.45, 2.75) is 4.90 Å². The van der Waals surface area contributed by atoms with E-state index in [0.29, 0.717) is 3.57 Å². The van der Waals surface area contributed by atoms with Gasteiger partial charge in [-0.05, 0) is 58.6 Å². The molecule has 3 rings (SSSR count). The van der Waals surface area contributed by atoms with E-state index >= 15 is 0 Å². The molecule has 0 unspecified atom stereocenters. The Kier molecular flexibility index (Phi) is 6.36. The number of carbonyl (C=O) groups excluding carboxylic acids is 1. The summed E-state index contributed by atoms with van der Waals surface area (Å²) in [5, 5.41) is 0.00559. The summed E-state index contributed by atoms with van der Waals surface area (Å²) in [6.07, 6.45) is 2.87. The van der Waals surface area contributed by atoms with Gasteiger partial charge in [-0.2, -0.15) is 8.42 Å². The van der Waals surface area contributed by atoms with E-state index < -0.39 is 21.7 Å². The van der Waals surface area contributed by atoms with Crippen molar-refractivity contribution in [3.63, 3.8) is 0 Å². The topological polar surface area (TPSA) is 66.8 Å². The van der Waals surface area contributed by atoms with Crippen molar-refractivity contribution in [3.05, 3.63) is 81.0 Å². The van der Waals surface area contributed by atoms with Crippen LogP contribution in [0.5, 0.6) is 0 Å². The number of hydrogen-bond donors (Lipinski definition) is 0. The molecule has 0 bridgehead atoms. The fourth-order valence-electron chi connectivity index (χ4n) is 2.39. The highest BCUT2D eigenvalue weighted by molar-refractivity contribution is 14.1. The zero-order valence-corrected chi connectivity index (χ0v) is 18.2. The number of benzene rings is 2. The summed E-state index contributed by atoms with van der Waals surface area (Å²) < 4.78 is 43.7. The first-order valence-electron chi connectivity index (χ1n) is 8.00. The number of nitrogens with zero attached hydrogens (tertiary/aromatic N) is 2. The molecule has 0 radical (unpaired) electrons. The Morgan fingerprint density at radius 3 is 2.57 bits per heavy atom. The Morgan fingerprint density at radius 1 is 1.18 bits per heavy atom.